The summed E-state index contributed by atoms with van der Waals surface area (Å²) in [6.45, 7) is 4.08. The molecule has 0 aromatic heterocycles. The van der Waals surface area contributed by atoms with Gasteiger partial charge in [0.15, 0.2) is 0 Å². The lowest BCUT2D eigenvalue weighted by molar-refractivity contribution is 0.226. The van der Waals surface area contributed by atoms with Crippen LogP contribution in [0.15, 0.2) is 36.9 Å². The molecule has 0 aliphatic rings. The van der Waals surface area contributed by atoms with Gasteiger partial charge in [0.05, 0.1) is 0 Å². The summed E-state index contributed by atoms with van der Waals surface area (Å²) in [4.78, 5) is 13.1. The predicted octanol–water partition coefficient (Wildman–Crippen LogP) is 2.99. The number of amides is 2. The molecule has 0 bridgehead atoms. The van der Waals surface area contributed by atoms with Crippen molar-refractivity contribution in [3.63, 3.8) is 0 Å². The van der Waals surface area contributed by atoms with Gasteiger partial charge in [0.25, 0.3) is 0 Å². The van der Waals surface area contributed by atoms with E-state index in [1.807, 2.05) is 0 Å². The van der Waals surface area contributed by atoms with Gasteiger partial charge in [-0.15, -0.1) is 6.58 Å². The molecule has 1 rings (SSSR count). The second-order valence-electron chi connectivity index (χ2n) is 3.11. The van der Waals surface area contributed by atoms with Crippen molar-refractivity contribution < 1.29 is 4.79 Å². The number of urea groups is 1. The number of hydrogen-bond acceptors (Lipinski definition) is 1. The van der Waals surface area contributed by atoms with Crippen LogP contribution in [0.25, 0.3) is 0 Å². The van der Waals surface area contributed by atoms with Gasteiger partial charge in [0.1, 0.15) is 0 Å². The maximum Gasteiger partial charge on any atom is 0.321 e. The molecular weight excluding hydrogens is 212 g/mol. The van der Waals surface area contributed by atoms with E-state index >= 15 is 0 Å². The fraction of sp³-hybridized carbons (Fsp3) is 0.182. The number of halogens is 1. The fourth-order valence-electron chi connectivity index (χ4n) is 1.03. The lowest BCUT2D eigenvalue weighted by atomic mass is 10.3. The molecule has 0 fully saturated rings. The van der Waals surface area contributed by atoms with Crippen molar-refractivity contribution in [2.75, 3.05) is 18.9 Å². The second kappa shape index (κ2) is 5.41. The molecule has 0 aliphatic carbocycles. The summed E-state index contributed by atoms with van der Waals surface area (Å²) in [5, 5.41) is 3.38. The van der Waals surface area contributed by atoms with Crippen LogP contribution in [-0.4, -0.2) is 24.5 Å². The van der Waals surface area contributed by atoms with Crippen molar-refractivity contribution in [1.82, 2.24) is 4.90 Å². The predicted molar refractivity (Wildman–Crippen MR) is 63.3 cm³/mol. The Bertz CT molecular complexity index is 348. The molecule has 0 atom stereocenters. The number of hydrogen-bond donors (Lipinski definition) is 1. The van der Waals surface area contributed by atoms with Gasteiger partial charge in [0, 0.05) is 24.3 Å². The Balaban J connectivity index is 2.58. The molecule has 0 saturated heterocycles. The lowest BCUT2D eigenvalue weighted by Gasteiger charge is -2.15. The van der Waals surface area contributed by atoms with Gasteiger partial charge >= 0.3 is 6.03 Å². The van der Waals surface area contributed by atoms with E-state index in [9.17, 15) is 4.79 Å². The average Bonchev–Trinajstić information content (AvgIpc) is 2.22. The van der Waals surface area contributed by atoms with E-state index in [-0.39, 0.29) is 6.03 Å². The van der Waals surface area contributed by atoms with E-state index in [0.29, 0.717) is 11.6 Å². The largest absolute Gasteiger partial charge is 0.324 e. The van der Waals surface area contributed by atoms with Crippen LogP contribution in [-0.2, 0) is 0 Å². The Kier molecular flexibility index (Phi) is 4.18. The molecule has 0 spiro atoms. The molecule has 0 unspecified atom stereocenters. The molecule has 80 valence electrons. The van der Waals surface area contributed by atoms with Crippen LogP contribution in [0.4, 0.5) is 10.5 Å². The average molecular weight is 225 g/mol. The van der Waals surface area contributed by atoms with Crippen molar-refractivity contribution in [3.8, 4) is 0 Å². The van der Waals surface area contributed by atoms with Gasteiger partial charge in [-0.25, -0.2) is 4.79 Å². The van der Waals surface area contributed by atoms with E-state index in [2.05, 4.69) is 11.9 Å². The van der Waals surface area contributed by atoms with Crippen LogP contribution >= 0.6 is 11.6 Å². The number of nitrogens with one attached hydrogen (secondary N) is 1. The van der Waals surface area contributed by atoms with Crippen LogP contribution in [0.5, 0.6) is 0 Å². The summed E-state index contributed by atoms with van der Waals surface area (Å²) in [5.41, 5.74) is 0.723. The maximum atomic E-state index is 11.5. The van der Waals surface area contributed by atoms with E-state index in [1.54, 1.807) is 37.4 Å². The summed E-state index contributed by atoms with van der Waals surface area (Å²) in [6, 6.07) is 6.79. The molecule has 15 heavy (non-hydrogen) atoms. The van der Waals surface area contributed by atoms with Gasteiger partial charge in [-0.05, 0) is 24.3 Å². The highest BCUT2D eigenvalue weighted by Gasteiger charge is 2.06. The first-order chi connectivity index (χ1) is 7.13. The molecule has 1 N–H and O–H groups in total. The number of rotatable bonds is 3. The quantitative estimate of drug-likeness (QED) is 0.787. The normalized spacial score (nSPS) is 9.47. The Morgan fingerprint density at radius 1 is 1.53 bits per heavy atom. The zero-order chi connectivity index (χ0) is 11.3. The van der Waals surface area contributed by atoms with E-state index in [4.69, 9.17) is 11.6 Å². The third kappa shape index (κ3) is 3.64. The summed E-state index contributed by atoms with van der Waals surface area (Å²) < 4.78 is 0. The van der Waals surface area contributed by atoms with E-state index in [0.717, 1.165) is 5.69 Å². The van der Waals surface area contributed by atoms with Gasteiger partial charge in [0.2, 0.25) is 0 Å². The molecule has 2 amide bonds. The number of anilines is 1. The Labute approximate surface area is 94.3 Å². The van der Waals surface area contributed by atoms with Crippen LogP contribution in [0.2, 0.25) is 5.02 Å². The second-order valence-corrected chi connectivity index (χ2v) is 3.54. The number of nitrogens with zero attached hydrogens (tertiary/aromatic N) is 1. The number of benzene rings is 1. The minimum absolute atomic E-state index is 0.169. The highest BCUT2D eigenvalue weighted by atomic mass is 35.5. The molecule has 0 radical (unpaired) electrons. The molecule has 0 aliphatic heterocycles. The Hall–Kier alpha value is -1.48. The topological polar surface area (TPSA) is 32.3 Å². The SMILES string of the molecule is C=CCN(C)C(=O)Nc1ccc(Cl)cc1. The molecular formula is C11H13ClN2O. The van der Waals surface area contributed by atoms with Gasteiger partial charge in [-0.1, -0.05) is 17.7 Å². The maximum absolute atomic E-state index is 11.5. The number of carbonyl (C=O) groups excluding carboxylic acids is 1. The summed E-state index contributed by atoms with van der Waals surface area (Å²) >= 11 is 5.72. The first kappa shape index (κ1) is 11.6. The highest BCUT2D eigenvalue weighted by Crippen LogP contribution is 2.13. The minimum Gasteiger partial charge on any atom is -0.324 e. The standard InChI is InChI=1S/C11H13ClN2O/c1-3-8-14(2)11(15)13-10-6-4-9(12)5-7-10/h3-7H,1,8H2,2H3,(H,13,15). The lowest BCUT2D eigenvalue weighted by Crippen LogP contribution is -2.31. The first-order valence-corrected chi connectivity index (χ1v) is 4.90. The molecule has 1 aromatic carbocycles. The van der Waals surface area contributed by atoms with E-state index < -0.39 is 0 Å². The molecule has 3 nitrogen and oxygen atoms in total. The zero-order valence-electron chi connectivity index (χ0n) is 8.53. The molecule has 1 aromatic rings. The first-order valence-electron chi connectivity index (χ1n) is 4.52. The van der Waals surface area contributed by atoms with Crippen molar-refractivity contribution in [2.24, 2.45) is 0 Å². The third-order valence-electron chi connectivity index (χ3n) is 1.85. The fourth-order valence-corrected chi connectivity index (χ4v) is 1.15. The van der Waals surface area contributed by atoms with Gasteiger partial charge in [-0.3, -0.25) is 0 Å². The van der Waals surface area contributed by atoms with E-state index in [1.165, 1.54) is 4.90 Å². The smallest absolute Gasteiger partial charge is 0.321 e. The third-order valence-corrected chi connectivity index (χ3v) is 2.10. The highest BCUT2D eigenvalue weighted by molar-refractivity contribution is 6.30. The van der Waals surface area contributed by atoms with Crippen LogP contribution < -0.4 is 5.32 Å². The van der Waals surface area contributed by atoms with Gasteiger partial charge < -0.3 is 10.2 Å². The monoisotopic (exact) mass is 224 g/mol. The van der Waals surface area contributed by atoms with Crippen molar-refractivity contribution >= 4 is 23.3 Å². The van der Waals surface area contributed by atoms with Gasteiger partial charge in [-0.2, -0.15) is 0 Å². The molecule has 0 heterocycles. The number of likely N-dealkylation sites (N-methyl/N-ethyl adjacent to an activating group) is 1. The minimum atomic E-state index is -0.169. The van der Waals surface area contributed by atoms with Crippen molar-refractivity contribution in [3.05, 3.63) is 41.9 Å². The van der Waals surface area contributed by atoms with Crippen molar-refractivity contribution in [1.29, 1.82) is 0 Å². The van der Waals surface area contributed by atoms with Crippen molar-refractivity contribution in [2.45, 2.75) is 0 Å². The molecule has 0 saturated carbocycles. The number of carbonyl (C=O) groups is 1. The molecule has 4 heteroatoms. The van der Waals surface area contributed by atoms with Crippen LogP contribution in [0.1, 0.15) is 0 Å². The summed E-state index contributed by atoms with van der Waals surface area (Å²) in [6.07, 6.45) is 1.67. The Morgan fingerprint density at radius 2 is 2.13 bits per heavy atom. The summed E-state index contributed by atoms with van der Waals surface area (Å²) in [5.74, 6) is 0. The van der Waals surface area contributed by atoms with Crippen LogP contribution in [0.3, 0.4) is 0 Å². The summed E-state index contributed by atoms with van der Waals surface area (Å²) in [7, 11) is 1.70. The zero-order valence-corrected chi connectivity index (χ0v) is 9.29. The Morgan fingerprint density at radius 3 is 2.67 bits per heavy atom. The van der Waals surface area contributed by atoms with Crippen LogP contribution in [0, 0.1) is 0 Å².